The van der Waals surface area contributed by atoms with Crippen molar-refractivity contribution < 1.29 is 39.3 Å². The molecule has 0 spiro atoms. The third-order valence-corrected chi connectivity index (χ3v) is 11.9. The highest BCUT2D eigenvalue weighted by Crippen LogP contribution is 2.34. The minimum absolute atomic E-state index is 0.00546. The Bertz CT molecular complexity index is 1630. The molecule has 0 aromatic rings. The lowest BCUT2D eigenvalue weighted by atomic mass is 10.0. The molecule has 25 nitrogen and oxygen atoms in total. The molecule has 0 saturated carbocycles. The second-order valence-corrected chi connectivity index (χ2v) is 19.8. The molecule has 0 unspecified atom stereocenters. The van der Waals surface area contributed by atoms with E-state index in [1.807, 2.05) is 14.7 Å². The Hall–Kier alpha value is -6.37. The zero-order valence-corrected chi connectivity index (χ0v) is 48.5. The SMILES string of the molecule is CC(=O)O.CC(=O)O.CC(=O)O.N=C(N)NCCCCCCCCNCCCCCCCCNC(=N)N.N=C(N)NCCCCCCCCNCCCCCCCCNC(=N)N.O=C1C=C(N2CC2)C(=O)C(N2CC2)=C1N1CC1. The highest BCUT2D eigenvalue weighted by Gasteiger charge is 2.43. The van der Waals surface area contributed by atoms with Crippen molar-refractivity contribution in [1.29, 1.82) is 21.6 Å². The number of rotatable bonds is 39. The fraction of sp³-hybridized carbons (Fsp3) is 0.759. The number of guanidine groups is 4. The minimum Gasteiger partial charge on any atom is -0.481 e. The van der Waals surface area contributed by atoms with Crippen molar-refractivity contribution in [1.82, 2.24) is 46.6 Å². The van der Waals surface area contributed by atoms with Crippen LogP contribution < -0.4 is 54.8 Å². The molecule has 0 aromatic carbocycles. The van der Waals surface area contributed by atoms with E-state index in [-0.39, 0.29) is 35.4 Å². The van der Waals surface area contributed by atoms with Gasteiger partial charge in [0, 0.05) is 92.3 Å². The van der Waals surface area contributed by atoms with Crippen LogP contribution in [0.4, 0.5) is 0 Å². The van der Waals surface area contributed by atoms with Gasteiger partial charge in [0.2, 0.25) is 11.6 Å². The first-order chi connectivity index (χ1) is 37.7. The van der Waals surface area contributed by atoms with E-state index in [1.165, 1.54) is 134 Å². The number of carboxylic acids is 3. The maximum atomic E-state index is 12.4. The number of hydrogen-bond donors (Lipinski definition) is 17. The molecule has 3 fully saturated rings. The number of carboxylic acid groups (broad SMARTS) is 3. The molecule has 456 valence electrons. The first-order valence-corrected chi connectivity index (χ1v) is 28.8. The Morgan fingerprint density at radius 3 is 0.810 bits per heavy atom. The van der Waals surface area contributed by atoms with Crippen LogP contribution in [-0.2, 0) is 24.0 Å². The Labute approximate surface area is 472 Å². The third-order valence-electron chi connectivity index (χ3n) is 11.9. The summed E-state index contributed by atoms with van der Waals surface area (Å²) in [7, 11) is 0. The number of carbonyl (C=O) groups excluding carboxylic acids is 2. The van der Waals surface area contributed by atoms with Gasteiger partial charge >= 0.3 is 0 Å². The van der Waals surface area contributed by atoms with Crippen LogP contribution in [0, 0.1) is 21.6 Å². The molecule has 1 aliphatic carbocycles. The van der Waals surface area contributed by atoms with E-state index in [1.54, 1.807) is 0 Å². The van der Waals surface area contributed by atoms with Gasteiger partial charge in [-0.1, -0.05) is 103 Å². The zero-order chi connectivity index (χ0) is 59.5. The van der Waals surface area contributed by atoms with Gasteiger partial charge < -0.3 is 84.9 Å². The van der Waals surface area contributed by atoms with Crippen molar-refractivity contribution in [2.75, 3.05) is 91.6 Å². The monoisotopic (exact) mass is 1120 g/mol. The maximum absolute atomic E-state index is 12.4. The highest BCUT2D eigenvalue weighted by molar-refractivity contribution is 6.22. The van der Waals surface area contributed by atoms with Crippen LogP contribution in [0.3, 0.4) is 0 Å². The quantitative estimate of drug-likeness (QED) is 0.0136. The predicted molar refractivity (Wildman–Crippen MR) is 316 cm³/mol. The summed E-state index contributed by atoms with van der Waals surface area (Å²) in [5.41, 5.74) is 22.8. The average Bonchev–Trinajstić information content (AvgIpc) is 4.20. The Morgan fingerprint density at radius 1 is 0.392 bits per heavy atom. The molecular formula is C54H107N17O8. The summed E-state index contributed by atoms with van der Waals surface area (Å²) in [5, 5.41) is 68.9. The zero-order valence-electron chi connectivity index (χ0n) is 48.5. The topological polar surface area (TPSA) is 427 Å². The number of hydrogen-bond acceptors (Lipinski definition) is 14. The fourth-order valence-electron chi connectivity index (χ4n) is 7.75. The van der Waals surface area contributed by atoms with Gasteiger partial charge in [-0.3, -0.25) is 45.6 Å². The molecule has 0 aromatic heterocycles. The number of unbranched alkanes of at least 4 members (excludes halogenated alkanes) is 20. The van der Waals surface area contributed by atoms with E-state index in [2.05, 4.69) is 31.9 Å². The summed E-state index contributed by atoms with van der Waals surface area (Å²) >= 11 is 0. The van der Waals surface area contributed by atoms with Gasteiger partial charge in [-0.15, -0.1) is 0 Å². The number of carbonyl (C=O) groups is 5. The van der Waals surface area contributed by atoms with E-state index in [9.17, 15) is 9.59 Å². The summed E-state index contributed by atoms with van der Waals surface area (Å²) in [6, 6.07) is 0. The molecule has 4 rings (SSSR count). The molecule has 25 heteroatoms. The van der Waals surface area contributed by atoms with Gasteiger partial charge in [0.15, 0.2) is 23.8 Å². The van der Waals surface area contributed by atoms with Crippen LogP contribution in [0.25, 0.3) is 0 Å². The van der Waals surface area contributed by atoms with Gasteiger partial charge in [0.05, 0.1) is 5.70 Å². The van der Waals surface area contributed by atoms with E-state index in [4.69, 9.17) is 74.3 Å². The number of aliphatic carboxylic acids is 3. The smallest absolute Gasteiger partial charge is 0.300 e. The lowest BCUT2D eigenvalue weighted by molar-refractivity contribution is -0.135. The Kier molecular flexibility index (Phi) is 48.3. The van der Waals surface area contributed by atoms with Gasteiger partial charge in [0.25, 0.3) is 17.9 Å². The summed E-state index contributed by atoms with van der Waals surface area (Å²) < 4.78 is 0. The standard InChI is InChI=1S/2C18H41N7.C12H13N3O2.3C2H4O2/c2*19-17(20)24-15-11-7-3-1-5-9-13-23-14-10-6-2-4-8-12-16-25-18(21)22;16-9-7-8(13-1-2-13)12(17)11(15-5-6-15)10(9)14-3-4-14;3*1-2(3)4/h2*23H,1-16H2,(H4,19,20,24)(H4,21,22,25);7H,1-6H2;3*1H3,(H,3,4). The summed E-state index contributed by atoms with van der Waals surface area (Å²) in [4.78, 5) is 57.5. The molecule has 0 radical (unpaired) electrons. The Balaban J connectivity index is 0. The fourth-order valence-corrected chi connectivity index (χ4v) is 7.75. The molecule has 3 aliphatic heterocycles. The van der Waals surface area contributed by atoms with Crippen LogP contribution in [-0.4, -0.2) is 175 Å². The normalized spacial score (nSPS) is 13.4. The van der Waals surface area contributed by atoms with Crippen molar-refractivity contribution in [2.45, 2.75) is 175 Å². The van der Waals surface area contributed by atoms with E-state index < -0.39 is 17.9 Å². The largest absolute Gasteiger partial charge is 0.481 e. The van der Waals surface area contributed by atoms with Crippen molar-refractivity contribution >= 4 is 53.3 Å². The second kappa shape index (κ2) is 51.1. The molecule has 0 bridgehead atoms. The number of Topliss-reactive ketones (excluding diaryl/α,β-unsaturated/α-hetero) is 1. The highest BCUT2D eigenvalue weighted by atomic mass is 16.4. The molecule has 3 saturated heterocycles. The van der Waals surface area contributed by atoms with Crippen LogP contribution in [0.15, 0.2) is 23.2 Å². The third kappa shape index (κ3) is 56.2. The number of ketones is 2. The van der Waals surface area contributed by atoms with Crippen LogP contribution >= 0.6 is 0 Å². The van der Waals surface area contributed by atoms with Crippen molar-refractivity contribution in [3.05, 3.63) is 23.2 Å². The molecule has 4 aliphatic rings. The second-order valence-electron chi connectivity index (χ2n) is 19.8. The summed E-state index contributed by atoms with van der Waals surface area (Å²) in [6.07, 6.45) is 31.5. The van der Waals surface area contributed by atoms with Gasteiger partial charge in [-0.2, -0.15) is 0 Å². The molecule has 0 amide bonds. The van der Waals surface area contributed by atoms with Crippen LogP contribution in [0.2, 0.25) is 0 Å². The Morgan fingerprint density at radius 2 is 0.595 bits per heavy atom. The lowest BCUT2D eigenvalue weighted by Gasteiger charge is -2.21. The number of nitrogens with zero attached hydrogens (tertiary/aromatic N) is 3. The van der Waals surface area contributed by atoms with E-state index >= 15 is 0 Å². The molecule has 0 atom stereocenters. The minimum atomic E-state index is -0.833. The summed E-state index contributed by atoms with van der Waals surface area (Å²) in [5.74, 6) is -2.14. The van der Waals surface area contributed by atoms with Crippen LogP contribution in [0.1, 0.15) is 175 Å². The van der Waals surface area contributed by atoms with Gasteiger partial charge in [0.1, 0.15) is 11.4 Å². The molecular weight excluding hydrogens is 1010 g/mol. The molecule has 79 heavy (non-hydrogen) atoms. The number of allylic oxidation sites excluding steroid dienone is 1. The first kappa shape index (κ1) is 74.7. The number of nitrogens with two attached hydrogens (primary N) is 4. The first-order valence-electron chi connectivity index (χ1n) is 28.8. The van der Waals surface area contributed by atoms with Gasteiger partial charge in [-0.05, 0) is 77.5 Å². The van der Waals surface area contributed by atoms with E-state index in [0.717, 1.165) is 138 Å². The molecule has 21 N–H and O–H groups in total. The van der Waals surface area contributed by atoms with E-state index in [0.29, 0.717) is 17.1 Å². The average molecular weight is 1120 g/mol. The summed E-state index contributed by atoms with van der Waals surface area (Å²) in [6.45, 7) is 16.5. The molecule has 3 heterocycles. The van der Waals surface area contributed by atoms with Crippen molar-refractivity contribution in [3.63, 3.8) is 0 Å². The lowest BCUT2D eigenvalue weighted by Crippen LogP contribution is -2.30. The predicted octanol–water partition coefficient (Wildman–Crippen LogP) is 3.90. The van der Waals surface area contributed by atoms with Crippen molar-refractivity contribution in [2.24, 2.45) is 22.9 Å². The number of nitrogens with one attached hydrogen (secondary N) is 10. The van der Waals surface area contributed by atoms with Crippen molar-refractivity contribution in [3.8, 4) is 0 Å². The maximum Gasteiger partial charge on any atom is 0.300 e. The van der Waals surface area contributed by atoms with Gasteiger partial charge in [-0.25, -0.2) is 0 Å². The van der Waals surface area contributed by atoms with Crippen LogP contribution in [0.5, 0.6) is 0 Å².